The molecule has 0 saturated heterocycles. The number of phosphoric ester groups is 1. The van der Waals surface area contributed by atoms with Gasteiger partial charge in [0.05, 0.1) is 40.5 Å². The maximum atomic E-state index is 11.3. The van der Waals surface area contributed by atoms with E-state index in [-0.39, 0.29) is 13.2 Å². The number of aliphatic hydroxyl groups is 4. The molecule has 4 N–H and O–H groups in total. The monoisotopic (exact) mass is 317 g/mol. The van der Waals surface area contributed by atoms with Crippen molar-refractivity contribution in [2.45, 2.75) is 12.2 Å². The molecule has 122 valence electrons. The van der Waals surface area contributed by atoms with E-state index in [0.29, 0.717) is 11.0 Å². The summed E-state index contributed by atoms with van der Waals surface area (Å²) in [7, 11) is -1.10. The first-order valence-corrected chi connectivity index (χ1v) is 7.58. The van der Waals surface area contributed by atoms with Crippen LogP contribution in [0.15, 0.2) is 0 Å². The van der Waals surface area contributed by atoms with Crippen LogP contribution in [0.1, 0.15) is 0 Å². The number of likely N-dealkylation sites (N-methyl/N-ethyl adjacent to an activating group) is 1. The SMILES string of the molecule is C[N+](C)(CCO)CC(O)COP(=O)([O-])OCC(O)CO. The van der Waals surface area contributed by atoms with E-state index in [1.54, 1.807) is 14.1 Å². The molecule has 3 atom stereocenters. The fourth-order valence-corrected chi connectivity index (χ4v) is 2.21. The highest BCUT2D eigenvalue weighted by Crippen LogP contribution is 2.38. The number of aliphatic hydroxyl groups excluding tert-OH is 4. The van der Waals surface area contributed by atoms with E-state index in [1.165, 1.54) is 0 Å². The van der Waals surface area contributed by atoms with Crippen LogP contribution in [-0.2, 0) is 13.6 Å². The van der Waals surface area contributed by atoms with Crippen molar-refractivity contribution in [3.8, 4) is 0 Å². The van der Waals surface area contributed by atoms with Crippen molar-refractivity contribution in [2.75, 3.05) is 53.6 Å². The van der Waals surface area contributed by atoms with Gasteiger partial charge in [-0.25, -0.2) is 0 Å². The maximum Gasteiger partial charge on any atom is 0.268 e. The zero-order valence-electron chi connectivity index (χ0n) is 11.7. The minimum atomic E-state index is -4.63. The standard InChI is InChI=1S/C10H24NO8P/c1-11(2,3-4-12)5-9(14)7-18-20(16,17)19-8-10(15)6-13/h9-10,12-15H,3-8H2,1-2H3. The van der Waals surface area contributed by atoms with E-state index in [4.69, 9.17) is 15.3 Å². The third kappa shape index (κ3) is 9.76. The Morgan fingerprint density at radius 2 is 1.65 bits per heavy atom. The fourth-order valence-electron chi connectivity index (χ4n) is 1.43. The van der Waals surface area contributed by atoms with Crippen molar-refractivity contribution in [1.29, 1.82) is 0 Å². The highest BCUT2D eigenvalue weighted by molar-refractivity contribution is 7.45. The second kappa shape index (κ2) is 9.04. The molecule has 0 saturated carbocycles. The predicted octanol–water partition coefficient (Wildman–Crippen LogP) is -2.73. The van der Waals surface area contributed by atoms with Crippen LogP contribution in [0.25, 0.3) is 0 Å². The van der Waals surface area contributed by atoms with E-state index in [9.17, 15) is 14.6 Å². The summed E-state index contributed by atoms with van der Waals surface area (Å²) in [4.78, 5) is 11.3. The third-order valence-corrected chi connectivity index (χ3v) is 3.40. The normalized spacial score (nSPS) is 18.6. The van der Waals surface area contributed by atoms with Gasteiger partial charge in [0.1, 0.15) is 25.3 Å². The number of phosphoric acid groups is 1. The molecule has 0 aromatic rings. The van der Waals surface area contributed by atoms with Gasteiger partial charge in [0.25, 0.3) is 7.82 Å². The lowest BCUT2D eigenvalue weighted by Gasteiger charge is -2.32. The van der Waals surface area contributed by atoms with Gasteiger partial charge in [-0.2, -0.15) is 0 Å². The van der Waals surface area contributed by atoms with Crippen LogP contribution in [0.4, 0.5) is 0 Å². The van der Waals surface area contributed by atoms with Crippen LogP contribution in [0, 0.1) is 0 Å². The molecule has 0 aromatic heterocycles. The number of hydrogen-bond donors (Lipinski definition) is 4. The average molecular weight is 317 g/mol. The van der Waals surface area contributed by atoms with Crippen LogP contribution >= 0.6 is 7.82 Å². The van der Waals surface area contributed by atoms with Gasteiger partial charge >= 0.3 is 0 Å². The van der Waals surface area contributed by atoms with Gasteiger partial charge in [-0.1, -0.05) is 0 Å². The summed E-state index contributed by atoms with van der Waals surface area (Å²) in [5.74, 6) is 0. The lowest BCUT2D eigenvalue weighted by Crippen LogP contribution is -2.48. The Morgan fingerprint density at radius 3 is 2.10 bits per heavy atom. The molecule has 0 fully saturated rings. The minimum absolute atomic E-state index is 0.0528. The Bertz CT molecular complexity index is 314. The van der Waals surface area contributed by atoms with E-state index in [0.717, 1.165) is 0 Å². The van der Waals surface area contributed by atoms with Gasteiger partial charge in [-0.05, 0) is 0 Å². The molecule has 9 nitrogen and oxygen atoms in total. The van der Waals surface area contributed by atoms with Gasteiger partial charge in [-0.15, -0.1) is 0 Å². The number of nitrogens with zero attached hydrogens (tertiary/aromatic N) is 1. The lowest BCUT2D eigenvalue weighted by atomic mass is 10.3. The highest BCUT2D eigenvalue weighted by Gasteiger charge is 2.22. The Morgan fingerprint density at radius 1 is 1.15 bits per heavy atom. The summed E-state index contributed by atoms with van der Waals surface area (Å²) in [6, 6.07) is 0. The number of rotatable bonds is 11. The van der Waals surface area contributed by atoms with E-state index in [1.807, 2.05) is 0 Å². The molecule has 0 bridgehead atoms. The van der Waals surface area contributed by atoms with Gasteiger partial charge in [0.15, 0.2) is 0 Å². The Hall–Kier alpha value is -0.0900. The summed E-state index contributed by atoms with van der Waals surface area (Å²) in [6.45, 7) is -1.17. The summed E-state index contributed by atoms with van der Waals surface area (Å²) >= 11 is 0. The first-order valence-electron chi connectivity index (χ1n) is 6.12. The van der Waals surface area contributed by atoms with E-state index >= 15 is 0 Å². The average Bonchev–Trinajstić information content (AvgIpc) is 2.33. The molecule has 0 spiro atoms. The van der Waals surface area contributed by atoms with Crippen LogP contribution < -0.4 is 4.89 Å². The van der Waals surface area contributed by atoms with Gasteiger partial charge in [-0.3, -0.25) is 4.57 Å². The highest BCUT2D eigenvalue weighted by atomic mass is 31.2. The molecule has 0 heterocycles. The van der Waals surface area contributed by atoms with Crippen molar-refractivity contribution >= 4 is 7.82 Å². The van der Waals surface area contributed by atoms with Crippen LogP contribution in [0.5, 0.6) is 0 Å². The maximum absolute atomic E-state index is 11.3. The molecule has 0 aliphatic rings. The first-order chi connectivity index (χ1) is 9.12. The van der Waals surface area contributed by atoms with E-state index < -0.39 is 39.9 Å². The molecule has 3 unspecified atom stereocenters. The first kappa shape index (κ1) is 19.9. The summed E-state index contributed by atoms with van der Waals surface area (Å²) in [6.07, 6.45) is -2.36. The van der Waals surface area contributed by atoms with Crippen LogP contribution in [-0.4, -0.2) is 90.7 Å². The molecule has 0 radical (unpaired) electrons. The minimum Gasteiger partial charge on any atom is -0.756 e. The molecular formula is C10H24NO8P. The molecule has 0 aliphatic carbocycles. The predicted molar refractivity (Wildman–Crippen MR) is 67.5 cm³/mol. The molecule has 20 heavy (non-hydrogen) atoms. The van der Waals surface area contributed by atoms with Crippen molar-refractivity contribution in [3.05, 3.63) is 0 Å². The Labute approximate surface area is 118 Å². The quantitative estimate of drug-likeness (QED) is 0.238. The van der Waals surface area contributed by atoms with Gasteiger partial charge in [0.2, 0.25) is 0 Å². The molecule has 0 rings (SSSR count). The molecule has 10 heteroatoms. The second-order valence-corrected chi connectivity index (χ2v) is 6.51. The zero-order chi connectivity index (χ0) is 15.8. The third-order valence-electron chi connectivity index (χ3n) is 2.47. The largest absolute Gasteiger partial charge is 0.756 e. The number of hydrogen-bond acceptors (Lipinski definition) is 8. The smallest absolute Gasteiger partial charge is 0.268 e. The van der Waals surface area contributed by atoms with Crippen LogP contribution in [0.3, 0.4) is 0 Å². The van der Waals surface area contributed by atoms with Crippen LogP contribution in [0.2, 0.25) is 0 Å². The summed E-state index contributed by atoms with van der Waals surface area (Å²) < 4.78 is 20.4. The molecule has 0 aliphatic heterocycles. The molecule has 0 amide bonds. The topological polar surface area (TPSA) is 140 Å². The summed E-state index contributed by atoms with van der Waals surface area (Å²) in [5, 5.41) is 36.0. The number of quaternary nitrogens is 1. The van der Waals surface area contributed by atoms with Crippen molar-refractivity contribution in [1.82, 2.24) is 0 Å². The molecule has 0 aromatic carbocycles. The Balaban J connectivity index is 4.09. The van der Waals surface area contributed by atoms with Crippen molar-refractivity contribution < 1.29 is 43.4 Å². The summed E-state index contributed by atoms with van der Waals surface area (Å²) in [5.41, 5.74) is 0. The van der Waals surface area contributed by atoms with Gasteiger partial charge in [0, 0.05) is 0 Å². The van der Waals surface area contributed by atoms with Crippen molar-refractivity contribution in [3.63, 3.8) is 0 Å². The Kier molecular flexibility index (Phi) is 8.99. The second-order valence-electron chi connectivity index (χ2n) is 5.09. The zero-order valence-corrected chi connectivity index (χ0v) is 12.6. The lowest BCUT2D eigenvalue weighted by molar-refractivity contribution is -0.893. The molecular weight excluding hydrogens is 293 g/mol. The van der Waals surface area contributed by atoms with E-state index in [2.05, 4.69) is 9.05 Å². The fraction of sp³-hybridized carbons (Fsp3) is 1.00. The van der Waals surface area contributed by atoms with Crippen molar-refractivity contribution in [2.24, 2.45) is 0 Å². The van der Waals surface area contributed by atoms with Gasteiger partial charge < -0.3 is 38.9 Å².